The van der Waals surface area contributed by atoms with Crippen LogP contribution in [0.1, 0.15) is 10.6 Å². The quantitative estimate of drug-likeness (QED) is 0.802. The predicted octanol–water partition coefficient (Wildman–Crippen LogP) is 2.77. The third-order valence-corrected chi connectivity index (χ3v) is 3.68. The van der Waals surface area contributed by atoms with Crippen LogP contribution in [-0.4, -0.2) is 15.1 Å². The van der Waals surface area contributed by atoms with Gasteiger partial charge in [-0.3, -0.25) is 0 Å². The number of rotatable bonds is 3. The van der Waals surface area contributed by atoms with Gasteiger partial charge in [-0.25, -0.2) is 9.37 Å². The van der Waals surface area contributed by atoms with Gasteiger partial charge in [0.05, 0.1) is 0 Å². The fourth-order valence-corrected chi connectivity index (χ4v) is 2.42. The Balaban J connectivity index is 1.99. The Bertz CT molecular complexity index is 752. The van der Waals surface area contributed by atoms with Crippen molar-refractivity contribution in [3.05, 3.63) is 40.0 Å². The van der Waals surface area contributed by atoms with Crippen LogP contribution in [-0.2, 0) is 6.54 Å². The van der Waals surface area contributed by atoms with Crippen molar-refractivity contribution in [3.8, 4) is 23.0 Å². The molecule has 2 aromatic heterocycles. The number of halogens is 1. The molecular weight excluding hydrogens is 279 g/mol. The molecular formula is C13H11FN4OS. The fourth-order valence-electron chi connectivity index (χ4n) is 1.77. The van der Waals surface area contributed by atoms with Gasteiger partial charge in [-0.15, -0.1) is 11.3 Å². The minimum Gasteiger partial charge on any atom is -0.332 e. The Hall–Kier alpha value is -2.12. The molecule has 2 N–H and O–H groups in total. The first-order valence-electron chi connectivity index (χ1n) is 5.92. The highest BCUT2D eigenvalue weighted by molar-refractivity contribution is 7.09. The third-order valence-electron chi connectivity index (χ3n) is 2.81. The zero-order valence-corrected chi connectivity index (χ0v) is 11.4. The average Bonchev–Trinajstić information content (AvgIpc) is 3.09. The van der Waals surface area contributed by atoms with E-state index in [0.29, 0.717) is 29.5 Å². The van der Waals surface area contributed by atoms with E-state index in [2.05, 4.69) is 15.1 Å². The van der Waals surface area contributed by atoms with E-state index in [9.17, 15) is 4.39 Å². The molecule has 0 bridgehead atoms. The maximum atomic E-state index is 13.3. The van der Waals surface area contributed by atoms with E-state index >= 15 is 0 Å². The summed E-state index contributed by atoms with van der Waals surface area (Å²) in [6.45, 7) is 2.23. The van der Waals surface area contributed by atoms with Gasteiger partial charge in [0.15, 0.2) is 0 Å². The van der Waals surface area contributed by atoms with Crippen LogP contribution in [0.25, 0.3) is 23.0 Å². The van der Waals surface area contributed by atoms with Crippen LogP contribution in [0.15, 0.2) is 28.1 Å². The summed E-state index contributed by atoms with van der Waals surface area (Å²) in [5.41, 5.74) is 7.58. The molecule has 102 valence electrons. The Kier molecular flexibility index (Phi) is 3.29. The number of aryl methyl sites for hydroxylation is 1. The molecule has 0 fully saturated rings. The Labute approximate surface area is 118 Å². The maximum absolute atomic E-state index is 13.3. The van der Waals surface area contributed by atoms with Crippen LogP contribution in [0.5, 0.6) is 0 Å². The number of nitrogens with zero attached hydrogens (tertiary/aromatic N) is 3. The molecule has 20 heavy (non-hydrogen) atoms. The summed E-state index contributed by atoms with van der Waals surface area (Å²) in [7, 11) is 0. The molecule has 7 heteroatoms. The lowest BCUT2D eigenvalue weighted by molar-refractivity contribution is 0.431. The molecule has 1 aromatic carbocycles. The molecule has 3 rings (SSSR count). The highest BCUT2D eigenvalue weighted by atomic mass is 32.1. The lowest BCUT2D eigenvalue weighted by Gasteiger charge is -1.99. The Morgan fingerprint density at radius 1 is 1.35 bits per heavy atom. The van der Waals surface area contributed by atoms with Crippen molar-refractivity contribution in [1.82, 2.24) is 15.1 Å². The highest BCUT2D eigenvalue weighted by Gasteiger charge is 2.15. The predicted molar refractivity (Wildman–Crippen MR) is 73.4 cm³/mol. The second kappa shape index (κ2) is 5.10. The lowest BCUT2D eigenvalue weighted by Crippen LogP contribution is -1.94. The first kappa shape index (κ1) is 12.9. The fraction of sp³-hybridized carbons (Fsp3) is 0.154. The van der Waals surface area contributed by atoms with Crippen LogP contribution < -0.4 is 5.73 Å². The minimum absolute atomic E-state index is 0.305. The molecule has 0 amide bonds. The normalized spacial score (nSPS) is 10.9. The number of thiazole rings is 1. The minimum atomic E-state index is -0.337. The topological polar surface area (TPSA) is 77.8 Å². The van der Waals surface area contributed by atoms with Crippen molar-refractivity contribution in [2.45, 2.75) is 13.5 Å². The molecule has 2 heterocycles. The third kappa shape index (κ3) is 2.33. The van der Waals surface area contributed by atoms with Gasteiger partial charge < -0.3 is 10.3 Å². The van der Waals surface area contributed by atoms with Crippen molar-refractivity contribution in [1.29, 1.82) is 0 Å². The molecule has 5 nitrogen and oxygen atoms in total. The summed E-state index contributed by atoms with van der Waals surface area (Å²) < 4.78 is 18.5. The van der Waals surface area contributed by atoms with E-state index in [0.717, 1.165) is 10.6 Å². The van der Waals surface area contributed by atoms with Gasteiger partial charge in [0, 0.05) is 17.5 Å². The van der Waals surface area contributed by atoms with Crippen molar-refractivity contribution in [2.24, 2.45) is 5.73 Å². The number of benzene rings is 1. The van der Waals surface area contributed by atoms with Gasteiger partial charge in [0.2, 0.25) is 5.82 Å². The summed E-state index contributed by atoms with van der Waals surface area (Å²) in [5, 5.41) is 6.48. The van der Waals surface area contributed by atoms with Crippen molar-refractivity contribution in [2.75, 3.05) is 0 Å². The molecule has 0 aliphatic carbocycles. The summed E-state index contributed by atoms with van der Waals surface area (Å²) in [6, 6.07) is 4.46. The van der Waals surface area contributed by atoms with Crippen LogP contribution in [0, 0.1) is 12.7 Å². The van der Waals surface area contributed by atoms with Crippen molar-refractivity contribution >= 4 is 11.3 Å². The molecule has 3 aromatic rings. The van der Waals surface area contributed by atoms with Gasteiger partial charge in [0.1, 0.15) is 16.5 Å². The monoisotopic (exact) mass is 290 g/mol. The molecule has 0 spiro atoms. The summed E-state index contributed by atoms with van der Waals surface area (Å²) in [4.78, 5) is 8.53. The second-order valence-electron chi connectivity index (χ2n) is 4.21. The second-order valence-corrected chi connectivity index (χ2v) is 5.16. The number of nitrogens with two attached hydrogens (primary N) is 1. The highest BCUT2D eigenvalue weighted by Crippen LogP contribution is 2.25. The molecule has 0 aliphatic rings. The molecule has 0 radical (unpaired) electrons. The van der Waals surface area contributed by atoms with Gasteiger partial charge in [-0.05, 0) is 24.6 Å². The summed E-state index contributed by atoms with van der Waals surface area (Å²) >= 11 is 1.43. The van der Waals surface area contributed by atoms with E-state index in [1.807, 2.05) is 6.92 Å². The van der Waals surface area contributed by atoms with E-state index in [1.165, 1.54) is 23.5 Å². The molecule has 0 unspecified atom stereocenters. The standard InChI is InChI=1S/C13H11FN4OS/c1-7-2-3-8(14)4-9(7)12-17-13(19-18-12)10-6-20-11(5-15)16-10/h2-4,6H,5,15H2,1H3. The molecule has 0 aliphatic heterocycles. The number of aromatic nitrogens is 3. The van der Waals surface area contributed by atoms with Crippen molar-refractivity contribution < 1.29 is 8.91 Å². The Morgan fingerprint density at radius 3 is 2.95 bits per heavy atom. The zero-order chi connectivity index (χ0) is 14.1. The SMILES string of the molecule is Cc1ccc(F)cc1-c1noc(-c2csc(CN)n2)n1. The first-order chi connectivity index (χ1) is 9.67. The van der Waals surface area contributed by atoms with E-state index in [1.54, 1.807) is 11.4 Å². The van der Waals surface area contributed by atoms with Gasteiger partial charge >= 0.3 is 0 Å². The van der Waals surface area contributed by atoms with E-state index in [4.69, 9.17) is 10.3 Å². The molecule has 0 atom stereocenters. The molecule has 0 saturated heterocycles. The van der Waals surface area contributed by atoms with Crippen LogP contribution in [0.4, 0.5) is 4.39 Å². The Morgan fingerprint density at radius 2 is 2.20 bits per heavy atom. The first-order valence-corrected chi connectivity index (χ1v) is 6.80. The maximum Gasteiger partial charge on any atom is 0.277 e. The smallest absolute Gasteiger partial charge is 0.277 e. The van der Waals surface area contributed by atoms with Gasteiger partial charge in [-0.1, -0.05) is 11.2 Å². The summed E-state index contributed by atoms with van der Waals surface area (Å²) in [6.07, 6.45) is 0. The van der Waals surface area contributed by atoms with E-state index < -0.39 is 0 Å². The van der Waals surface area contributed by atoms with Crippen molar-refractivity contribution in [3.63, 3.8) is 0 Å². The summed E-state index contributed by atoms with van der Waals surface area (Å²) in [5.74, 6) is 0.315. The van der Waals surface area contributed by atoms with E-state index in [-0.39, 0.29) is 5.82 Å². The van der Waals surface area contributed by atoms with Crippen LogP contribution in [0.2, 0.25) is 0 Å². The zero-order valence-electron chi connectivity index (χ0n) is 10.6. The number of hydrogen-bond acceptors (Lipinski definition) is 6. The largest absolute Gasteiger partial charge is 0.332 e. The van der Waals surface area contributed by atoms with Crippen LogP contribution >= 0.6 is 11.3 Å². The lowest BCUT2D eigenvalue weighted by atomic mass is 10.1. The van der Waals surface area contributed by atoms with Gasteiger partial charge in [-0.2, -0.15) is 4.98 Å². The number of hydrogen-bond donors (Lipinski definition) is 1. The average molecular weight is 290 g/mol. The molecule has 0 saturated carbocycles. The van der Waals surface area contributed by atoms with Crippen LogP contribution in [0.3, 0.4) is 0 Å². The van der Waals surface area contributed by atoms with Gasteiger partial charge in [0.25, 0.3) is 5.89 Å².